The van der Waals surface area contributed by atoms with Crippen LogP contribution in [0.25, 0.3) is 22.3 Å². The summed E-state index contributed by atoms with van der Waals surface area (Å²) in [6.45, 7) is 10.6. The highest BCUT2D eigenvalue weighted by Gasteiger charge is 2.26. The average molecular weight is 747 g/mol. The van der Waals surface area contributed by atoms with Gasteiger partial charge in [0.2, 0.25) is 0 Å². The first kappa shape index (κ1) is 39.2. The van der Waals surface area contributed by atoms with Gasteiger partial charge in [-0.3, -0.25) is 9.59 Å². The Morgan fingerprint density at radius 2 is 0.804 bits per heavy atom. The molecule has 2 fully saturated rings. The second-order valence-corrected chi connectivity index (χ2v) is 16.1. The van der Waals surface area contributed by atoms with Crippen LogP contribution in [-0.2, 0) is 0 Å². The van der Waals surface area contributed by atoms with Crippen LogP contribution in [0, 0.1) is 0 Å². The lowest BCUT2D eigenvalue weighted by molar-refractivity contribution is 0.0875. The van der Waals surface area contributed by atoms with Gasteiger partial charge in [0.1, 0.15) is 0 Å². The molecule has 5 aromatic rings. The zero-order valence-electron chi connectivity index (χ0n) is 33.2. The van der Waals surface area contributed by atoms with Crippen molar-refractivity contribution in [2.75, 3.05) is 39.3 Å². The first-order valence-electron chi connectivity index (χ1n) is 20.9. The number of likely N-dealkylation sites (tertiary alicyclic amines) is 2. The van der Waals surface area contributed by atoms with Gasteiger partial charge in [0.05, 0.1) is 11.1 Å². The van der Waals surface area contributed by atoms with Crippen LogP contribution < -0.4 is 10.6 Å². The van der Waals surface area contributed by atoms with Crippen molar-refractivity contribution in [2.45, 2.75) is 76.3 Å². The van der Waals surface area contributed by atoms with Crippen LogP contribution in [0.4, 0.5) is 0 Å². The van der Waals surface area contributed by atoms with Crippen molar-refractivity contribution in [1.29, 1.82) is 0 Å². The molecule has 0 radical (unpaired) electrons. The third-order valence-corrected chi connectivity index (χ3v) is 12.2. The van der Waals surface area contributed by atoms with E-state index in [1.165, 1.54) is 33.4 Å². The molecule has 0 saturated carbocycles. The first-order chi connectivity index (χ1) is 27.4. The Morgan fingerprint density at radius 3 is 1.16 bits per heavy atom. The standard InChI is InChI=1S/C50H58N4O2/c1-37(39-17-21-43(22-18-39)41-11-5-3-6-12-41)25-31-53-33-27-45(28-34-53)51-49(55)47-15-9-10-16-48(47)50(56)52-46-29-35-54(36-30-46)32-26-38(2)40-19-23-44(24-20-40)42-13-7-4-8-14-42/h3-24,37-38,45-46H,25-36H2,1-2H3,(H,51,55)(H,52,56)/t37-,38-/m1/s1. The topological polar surface area (TPSA) is 64.7 Å². The summed E-state index contributed by atoms with van der Waals surface area (Å²) in [7, 11) is 0. The zero-order chi connectivity index (χ0) is 38.7. The summed E-state index contributed by atoms with van der Waals surface area (Å²) in [6.07, 6.45) is 5.87. The van der Waals surface area contributed by atoms with Crippen LogP contribution in [0.1, 0.15) is 96.1 Å². The number of nitrogens with one attached hydrogen (secondary N) is 2. The van der Waals surface area contributed by atoms with Gasteiger partial charge in [-0.2, -0.15) is 0 Å². The monoisotopic (exact) mass is 746 g/mol. The molecule has 2 aliphatic heterocycles. The Hall–Kier alpha value is -5.04. The molecule has 0 unspecified atom stereocenters. The maximum Gasteiger partial charge on any atom is 0.252 e. The molecular formula is C50H58N4O2. The number of piperidine rings is 2. The molecule has 6 nitrogen and oxygen atoms in total. The van der Waals surface area contributed by atoms with E-state index in [1.54, 1.807) is 12.1 Å². The van der Waals surface area contributed by atoms with Gasteiger partial charge in [-0.15, -0.1) is 0 Å². The molecule has 2 N–H and O–H groups in total. The summed E-state index contributed by atoms with van der Waals surface area (Å²) in [5, 5.41) is 6.53. The van der Waals surface area contributed by atoms with E-state index in [2.05, 4.69) is 143 Å². The lowest BCUT2D eigenvalue weighted by Gasteiger charge is -2.33. The third-order valence-electron chi connectivity index (χ3n) is 12.2. The first-order valence-corrected chi connectivity index (χ1v) is 20.9. The van der Waals surface area contributed by atoms with Crippen molar-refractivity contribution >= 4 is 11.8 Å². The van der Waals surface area contributed by atoms with Crippen LogP contribution in [0.2, 0.25) is 0 Å². The van der Waals surface area contributed by atoms with Crippen molar-refractivity contribution in [3.05, 3.63) is 156 Å². The molecule has 0 aliphatic carbocycles. The predicted molar refractivity (Wildman–Crippen MR) is 230 cm³/mol. The van der Waals surface area contributed by atoms with E-state index in [0.717, 1.165) is 77.8 Å². The van der Waals surface area contributed by atoms with Crippen molar-refractivity contribution in [3.8, 4) is 22.3 Å². The molecule has 0 aromatic heterocycles. The molecule has 2 heterocycles. The van der Waals surface area contributed by atoms with Crippen LogP contribution in [0.5, 0.6) is 0 Å². The fourth-order valence-electron chi connectivity index (χ4n) is 8.36. The summed E-state index contributed by atoms with van der Waals surface area (Å²) in [6, 6.07) is 46.5. The molecule has 2 aliphatic rings. The average Bonchev–Trinajstić information content (AvgIpc) is 3.26. The van der Waals surface area contributed by atoms with Gasteiger partial charge >= 0.3 is 0 Å². The molecule has 2 amide bonds. The summed E-state index contributed by atoms with van der Waals surface area (Å²) < 4.78 is 0. The van der Waals surface area contributed by atoms with Gasteiger partial charge in [0.15, 0.2) is 0 Å². The highest BCUT2D eigenvalue weighted by atomic mass is 16.2. The Balaban J connectivity index is 0.813. The summed E-state index contributed by atoms with van der Waals surface area (Å²) >= 11 is 0. The Morgan fingerprint density at radius 1 is 0.482 bits per heavy atom. The van der Waals surface area contributed by atoms with Crippen molar-refractivity contribution in [2.24, 2.45) is 0 Å². The van der Waals surface area contributed by atoms with Crippen LogP contribution in [-0.4, -0.2) is 73.0 Å². The minimum Gasteiger partial charge on any atom is -0.349 e. The molecule has 290 valence electrons. The second kappa shape index (κ2) is 19.2. The molecule has 6 heteroatoms. The maximum atomic E-state index is 13.5. The minimum absolute atomic E-state index is 0.110. The van der Waals surface area contributed by atoms with Crippen molar-refractivity contribution in [3.63, 3.8) is 0 Å². The predicted octanol–water partition coefficient (Wildman–Crippen LogP) is 9.80. The molecule has 2 saturated heterocycles. The smallest absolute Gasteiger partial charge is 0.252 e. The maximum absolute atomic E-state index is 13.5. The number of nitrogens with zero attached hydrogens (tertiary/aromatic N) is 2. The molecule has 0 bridgehead atoms. The number of hydrogen-bond acceptors (Lipinski definition) is 4. The summed E-state index contributed by atoms with van der Waals surface area (Å²) in [5.41, 5.74) is 8.68. The van der Waals surface area contributed by atoms with E-state index in [0.29, 0.717) is 23.0 Å². The molecular weight excluding hydrogens is 689 g/mol. The Kier molecular flexibility index (Phi) is 13.4. The normalized spacial score (nSPS) is 16.9. The van der Waals surface area contributed by atoms with E-state index in [9.17, 15) is 9.59 Å². The minimum atomic E-state index is -0.152. The quantitative estimate of drug-likeness (QED) is 0.119. The van der Waals surface area contributed by atoms with Crippen LogP contribution in [0.15, 0.2) is 133 Å². The number of benzene rings is 5. The molecule has 0 spiro atoms. The van der Waals surface area contributed by atoms with Gasteiger partial charge < -0.3 is 20.4 Å². The van der Waals surface area contributed by atoms with Gasteiger partial charge in [-0.05, 0) is 109 Å². The molecule has 7 rings (SSSR count). The van der Waals surface area contributed by atoms with E-state index >= 15 is 0 Å². The van der Waals surface area contributed by atoms with Gasteiger partial charge in [0, 0.05) is 38.3 Å². The van der Waals surface area contributed by atoms with E-state index in [1.807, 2.05) is 12.1 Å². The highest BCUT2D eigenvalue weighted by molar-refractivity contribution is 6.07. The molecule has 5 aromatic carbocycles. The Bertz CT molecular complexity index is 1840. The number of rotatable bonds is 14. The lowest BCUT2D eigenvalue weighted by Crippen LogP contribution is -2.46. The van der Waals surface area contributed by atoms with Crippen LogP contribution in [0.3, 0.4) is 0 Å². The van der Waals surface area contributed by atoms with Gasteiger partial charge in [0.25, 0.3) is 11.8 Å². The zero-order valence-corrected chi connectivity index (χ0v) is 33.2. The van der Waals surface area contributed by atoms with Gasteiger partial charge in [-0.25, -0.2) is 0 Å². The summed E-state index contributed by atoms with van der Waals surface area (Å²) in [5.74, 6) is 0.660. The lowest BCUT2D eigenvalue weighted by atomic mass is 9.94. The molecule has 56 heavy (non-hydrogen) atoms. The number of amides is 2. The van der Waals surface area contributed by atoms with E-state index in [-0.39, 0.29) is 23.9 Å². The number of hydrogen-bond donors (Lipinski definition) is 2. The van der Waals surface area contributed by atoms with Crippen molar-refractivity contribution < 1.29 is 9.59 Å². The second-order valence-electron chi connectivity index (χ2n) is 16.1. The highest BCUT2D eigenvalue weighted by Crippen LogP contribution is 2.27. The number of carbonyl (C=O) groups excluding carboxylic acids is 2. The van der Waals surface area contributed by atoms with Crippen molar-refractivity contribution in [1.82, 2.24) is 20.4 Å². The van der Waals surface area contributed by atoms with Crippen LogP contribution >= 0.6 is 0 Å². The molecule has 2 atom stereocenters. The largest absolute Gasteiger partial charge is 0.349 e. The number of carbonyl (C=O) groups is 2. The fourth-order valence-corrected chi connectivity index (χ4v) is 8.36. The fraction of sp³-hybridized carbons (Fsp3) is 0.360. The third kappa shape index (κ3) is 10.4. The summed E-state index contributed by atoms with van der Waals surface area (Å²) in [4.78, 5) is 32.1. The SMILES string of the molecule is C[C@H](CCN1CCC(NC(=O)c2ccccc2C(=O)NC2CCN(CC[C@@H](C)c3ccc(-c4ccccc4)cc3)CC2)CC1)c1ccc(-c2ccccc2)cc1. The van der Waals surface area contributed by atoms with Gasteiger partial charge in [-0.1, -0.05) is 135 Å². The Labute approximate surface area is 334 Å². The van der Waals surface area contributed by atoms with E-state index < -0.39 is 0 Å². The van der Waals surface area contributed by atoms with E-state index in [4.69, 9.17) is 0 Å².